The standard InChI is InChI=1S/C26H21N5O3S2/c32-21(28-26-30-29-23(36-26)20-7-4-12-34-20)13-31-15-27-24-22(25(31)33)19(14-35-24)18-10-8-17(9-11-18)16-5-2-1-3-6-16/h1-3,5-6,8-11,14-15,20H,4,7,12-13H2,(H,28,30,32). The first kappa shape index (κ1) is 22.7. The van der Waals surface area contributed by atoms with Crippen LogP contribution in [0.4, 0.5) is 5.13 Å². The Morgan fingerprint density at radius 2 is 1.83 bits per heavy atom. The largest absolute Gasteiger partial charge is 0.371 e. The molecule has 8 nitrogen and oxygen atoms in total. The van der Waals surface area contributed by atoms with Crippen molar-refractivity contribution in [3.8, 4) is 22.3 Å². The smallest absolute Gasteiger partial charge is 0.263 e. The van der Waals surface area contributed by atoms with E-state index in [0.717, 1.165) is 40.1 Å². The highest BCUT2D eigenvalue weighted by Gasteiger charge is 2.22. The highest BCUT2D eigenvalue weighted by atomic mass is 32.1. The second-order valence-electron chi connectivity index (χ2n) is 8.45. The summed E-state index contributed by atoms with van der Waals surface area (Å²) < 4.78 is 6.95. The van der Waals surface area contributed by atoms with E-state index in [2.05, 4.69) is 32.6 Å². The third-order valence-electron chi connectivity index (χ3n) is 6.07. The average Bonchev–Trinajstić information content (AvgIpc) is 3.68. The lowest BCUT2D eigenvalue weighted by molar-refractivity contribution is -0.116. The number of anilines is 1. The van der Waals surface area contributed by atoms with Gasteiger partial charge in [0.05, 0.1) is 11.7 Å². The molecule has 0 radical (unpaired) electrons. The van der Waals surface area contributed by atoms with E-state index in [1.807, 2.05) is 47.8 Å². The van der Waals surface area contributed by atoms with Gasteiger partial charge >= 0.3 is 0 Å². The fourth-order valence-corrected chi connectivity index (χ4v) is 6.02. The van der Waals surface area contributed by atoms with Crippen LogP contribution in [-0.4, -0.2) is 32.3 Å². The van der Waals surface area contributed by atoms with Gasteiger partial charge in [-0.3, -0.25) is 19.5 Å². The van der Waals surface area contributed by atoms with Gasteiger partial charge in [-0.25, -0.2) is 4.98 Å². The van der Waals surface area contributed by atoms with Gasteiger partial charge in [-0.2, -0.15) is 0 Å². The number of nitrogens with one attached hydrogen (secondary N) is 1. The Bertz CT molecular complexity index is 1590. The van der Waals surface area contributed by atoms with E-state index >= 15 is 0 Å². The van der Waals surface area contributed by atoms with Crippen LogP contribution in [0.25, 0.3) is 32.5 Å². The summed E-state index contributed by atoms with van der Waals surface area (Å²) >= 11 is 2.71. The Kier molecular flexibility index (Phi) is 6.14. The number of hydrogen-bond donors (Lipinski definition) is 1. The van der Waals surface area contributed by atoms with Crippen molar-refractivity contribution in [2.45, 2.75) is 25.5 Å². The van der Waals surface area contributed by atoms with Crippen LogP contribution in [0.3, 0.4) is 0 Å². The Hall–Kier alpha value is -3.73. The van der Waals surface area contributed by atoms with Gasteiger partial charge in [0.25, 0.3) is 5.56 Å². The van der Waals surface area contributed by atoms with Crippen molar-refractivity contribution in [1.29, 1.82) is 0 Å². The van der Waals surface area contributed by atoms with Crippen LogP contribution >= 0.6 is 22.7 Å². The maximum atomic E-state index is 13.3. The number of hydrogen-bond acceptors (Lipinski definition) is 8. The fourth-order valence-electron chi connectivity index (χ4n) is 4.27. The van der Waals surface area contributed by atoms with Crippen molar-refractivity contribution in [2.24, 2.45) is 0 Å². The second kappa shape index (κ2) is 9.73. The number of amides is 1. The Balaban J connectivity index is 1.23. The summed E-state index contributed by atoms with van der Waals surface area (Å²) in [5.41, 5.74) is 3.72. The van der Waals surface area contributed by atoms with Crippen LogP contribution < -0.4 is 10.9 Å². The van der Waals surface area contributed by atoms with Crippen LogP contribution in [0.1, 0.15) is 24.0 Å². The monoisotopic (exact) mass is 515 g/mol. The summed E-state index contributed by atoms with van der Waals surface area (Å²) in [5, 5.41) is 14.5. The van der Waals surface area contributed by atoms with Gasteiger partial charge in [0.1, 0.15) is 22.5 Å². The Morgan fingerprint density at radius 1 is 1.06 bits per heavy atom. The van der Waals surface area contributed by atoms with Gasteiger partial charge < -0.3 is 4.74 Å². The highest BCUT2D eigenvalue weighted by molar-refractivity contribution is 7.17. The molecule has 1 saturated heterocycles. The van der Waals surface area contributed by atoms with Gasteiger partial charge in [-0.15, -0.1) is 21.5 Å². The molecule has 1 unspecified atom stereocenters. The summed E-state index contributed by atoms with van der Waals surface area (Å²) in [6.07, 6.45) is 3.26. The minimum absolute atomic E-state index is 0.0545. The number of ether oxygens (including phenoxy) is 1. The zero-order valence-corrected chi connectivity index (χ0v) is 20.7. The zero-order valence-electron chi connectivity index (χ0n) is 19.1. The van der Waals surface area contributed by atoms with Crippen LogP contribution in [0.5, 0.6) is 0 Å². The van der Waals surface area contributed by atoms with Crippen molar-refractivity contribution in [1.82, 2.24) is 19.7 Å². The molecule has 2 aromatic carbocycles. The molecule has 1 fully saturated rings. The topological polar surface area (TPSA) is 99.0 Å². The van der Waals surface area contributed by atoms with Crippen LogP contribution in [0.15, 0.2) is 71.1 Å². The normalized spacial score (nSPS) is 15.4. The van der Waals surface area contributed by atoms with Gasteiger partial charge in [-0.1, -0.05) is 65.9 Å². The fraction of sp³-hybridized carbons (Fsp3) is 0.192. The first-order valence-corrected chi connectivity index (χ1v) is 13.2. The van der Waals surface area contributed by atoms with E-state index in [4.69, 9.17) is 4.74 Å². The summed E-state index contributed by atoms with van der Waals surface area (Å²) in [6.45, 7) is 0.547. The lowest BCUT2D eigenvalue weighted by Crippen LogP contribution is -2.27. The Labute approximate surface area is 214 Å². The predicted molar refractivity (Wildman–Crippen MR) is 141 cm³/mol. The summed E-state index contributed by atoms with van der Waals surface area (Å²) in [5.74, 6) is -0.364. The molecule has 5 aromatic rings. The van der Waals surface area contributed by atoms with E-state index in [0.29, 0.717) is 22.0 Å². The molecular weight excluding hydrogens is 494 g/mol. The molecular formula is C26H21N5O3S2. The second-order valence-corrected chi connectivity index (χ2v) is 10.3. The molecule has 1 aliphatic rings. The number of aromatic nitrogens is 4. The SMILES string of the molecule is O=C(Cn1cnc2scc(-c3ccc(-c4ccccc4)cc3)c2c1=O)Nc1nnc(C2CCCO2)s1. The summed E-state index contributed by atoms with van der Waals surface area (Å²) in [7, 11) is 0. The molecule has 0 aliphatic carbocycles. The van der Waals surface area contributed by atoms with Crippen LogP contribution in [0.2, 0.25) is 0 Å². The lowest BCUT2D eigenvalue weighted by Gasteiger charge is -2.07. The summed E-state index contributed by atoms with van der Waals surface area (Å²) in [4.78, 5) is 31.1. The van der Waals surface area contributed by atoms with Crippen molar-refractivity contribution < 1.29 is 9.53 Å². The maximum absolute atomic E-state index is 13.3. The minimum Gasteiger partial charge on any atom is -0.371 e. The highest BCUT2D eigenvalue weighted by Crippen LogP contribution is 2.33. The third-order valence-corrected chi connectivity index (χ3v) is 7.89. The number of carbonyl (C=O) groups excluding carboxylic acids is 1. The molecule has 3 aromatic heterocycles. The Morgan fingerprint density at radius 3 is 2.61 bits per heavy atom. The minimum atomic E-state index is -0.364. The number of fused-ring (bicyclic) bond motifs is 1. The molecule has 4 heterocycles. The van der Waals surface area contributed by atoms with Gasteiger partial charge in [0, 0.05) is 17.6 Å². The average molecular weight is 516 g/mol. The molecule has 0 spiro atoms. The molecule has 1 aliphatic heterocycles. The third kappa shape index (κ3) is 4.46. The molecule has 6 rings (SSSR count). The van der Waals surface area contributed by atoms with E-state index in [9.17, 15) is 9.59 Å². The number of nitrogens with zero attached hydrogens (tertiary/aromatic N) is 4. The van der Waals surface area contributed by atoms with Gasteiger partial charge in [0.2, 0.25) is 11.0 Å². The predicted octanol–water partition coefficient (Wildman–Crippen LogP) is 5.13. The molecule has 0 saturated carbocycles. The first-order valence-electron chi connectivity index (χ1n) is 11.5. The van der Waals surface area contributed by atoms with Crippen molar-refractivity contribution in [3.63, 3.8) is 0 Å². The van der Waals surface area contributed by atoms with E-state index in [-0.39, 0.29) is 24.1 Å². The number of rotatable bonds is 6. The summed E-state index contributed by atoms with van der Waals surface area (Å²) in [6, 6.07) is 18.2. The number of carbonyl (C=O) groups is 1. The zero-order chi connectivity index (χ0) is 24.5. The van der Waals surface area contributed by atoms with Crippen molar-refractivity contribution in [2.75, 3.05) is 11.9 Å². The molecule has 1 atom stereocenters. The van der Waals surface area contributed by atoms with E-state index < -0.39 is 0 Å². The molecule has 180 valence electrons. The van der Waals surface area contributed by atoms with Gasteiger partial charge in [0.15, 0.2) is 0 Å². The quantitative estimate of drug-likeness (QED) is 0.336. The number of thiophene rings is 1. The maximum Gasteiger partial charge on any atom is 0.263 e. The van der Waals surface area contributed by atoms with E-state index in [1.54, 1.807) is 0 Å². The molecule has 36 heavy (non-hydrogen) atoms. The van der Waals surface area contributed by atoms with Crippen LogP contribution in [-0.2, 0) is 16.1 Å². The molecule has 1 N–H and O–H groups in total. The number of benzene rings is 2. The van der Waals surface area contributed by atoms with Crippen LogP contribution in [0, 0.1) is 0 Å². The molecule has 0 bridgehead atoms. The first-order chi connectivity index (χ1) is 17.7. The van der Waals surface area contributed by atoms with Crippen molar-refractivity contribution >= 4 is 43.9 Å². The molecule has 10 heteroatoms. The van der Waals surface area contributed by atoms with Gasteiger partial charge in [-0.05, 0) is 29.5 Å². The van der Waals surface area contributed by atoms with E-state index in [1.165, 1.54) is 33.6 Å². The molecule has 1 amide bonds. The van der Waals surface area contributed by atoms with Crippen molar-refractivity contribution in [3.05, 3.63) is 81.7 Å². The lowest BCUT2D eigenvalue weighted by atomic mass is 10.0.